The predicted molar refractivity (Wildman–Crippen MR) is 106 cm³/mol. The summed E-state index contributed by atoms with van der Waals surface area (Å²) in [5, 5.41) is 9.13. The van der Waals surface area contributed by atoms with Crippen LogP contribution in [-0.2, 0) is 9.59 Å². The van der Waals surface area contributed by atoms with Gasteiger partial charge in [-0.25, -0.2) is 4.98 Å². The third-order valence-electron chi connectivity index (χ3n) is 6.01. The van der Waals surface area contributed by atoms with Crippen LogP contribution in [0, 0.1) is 6.92 Å². The van der Waals surface area contributed by atoms with E-state index in [0.717, 1.165) is 62.1 Å². The number of aromatic amines is 1. The van der Waals surface area contributed by atoms with Gasteiger partial charge in [0.2, 0.25) is 5.91 Å². The Hall–Kier alpha value is -2.41. The van der Waals surface area contributed by atoms with Crippen LogP contribution in [0.25, 0.3) is 11.0 Å². The van der Waals surface area contributed by atoms with Crippen molar-refractivity contribution in [1.82, 2.24) is 19.8 Å². The number of aliphatic carboxylic acids is 1. The standard InChI is InChI=1S/C21H28N4O3/c1-14-7-8-16-17(11-14)23-20(22-16)15-5-4-10-24(12-15)18-6-2-3-9-25(21(18)28)13-19(26)27/h7-8,11,15,18H,2-6,9-10,12-13H2,1H3,(H,22,23)(H,26,27). The van der Waals surface area contributed by atoms with Gasteiger partial charge < -0.3 is 15.0 Å². The molecular weight excluding hydrogens is 356 g/mol. The van der Waals surface area contributed by atoms with Crippen molar-refractivity contribution in [2.45, 2.75) is 51.0 Å². The first-order valence-electron chi connectivity index (χ1n) is 10.2. The largest absolute Gasteiger partial charge is 0.480 e. The monoisotopic (exact) mass is 384 g/mol. The number of likely N-dealkylation sites (tertiary alicyclic amines) is 2. The number of carbonyl (C=O) groups is 2. The van der Waals surface area contributed by atoms with Crippen molar-refractivity contribution in [3.05, 3.63) is 29.6 Å². The molecule has 2 saturated heterocycles. The minimum atomic E-state index is -0.942. The van der Waals surface area contributed by atoms with Gasteiger partial charge in [0.15, 0.2) is 0 Å². The van der Waals surface area contributed by atoms with Crippen LogP contribution < -0.4 is 0 Å². The molecule has 0 spiro atoms. The van der Waals surface area contributed by atoms with Gasteiger partial charge >= 0.3 is 5.97 Å². The summed E-state index contributed by atoms with van der Waals surface area (Å²) in [6.07, 6.45) is 4.70. The fourth-order valence-corrected chi connectivity index (χ4v) is 4.59. The zero-order chi connectivity index (χ0) is 19.7. The number of piperidine rings is 1. The molecule has 2 aromatic rings. The predicted octanol–water partition coefficient (Wildman–Crippen LogP) is 2.52. The summed E-state index contributed by atoms with van der Waals surface area (Å²) in [6.45, 7) is 4.09. The Morgan fingerprint density at radius 3 is 2.93 bits per heavy atom. The molecule has 4 rings (SSSR count). The van der Waals surface area contributed by atoms with E-state index in [0.29, 0.717) is 6.54 Å². The summed E-state index contributed by atoms with van der Waals surface area (Å²) in [5.41, 5.74) is 3.25. The molecule has 1 aromatic carbocycles. The first kappa shape index (κ1) is 18.9. The highest BCUT2D eigenvalue weighted by Gasteiger charge is 2.35. The Labute approximate surface area is 164 Å². The quantitative estimate of drug-likeness (QED) is 0.845. The molecule has 0 bridgehead atoms. The number of amides is 1. The molecule has 2 aliphatic rings. The molecule has 2 fully saturated rings. The lowest BCUT2D eigenvalue weighted by molar-refractivity contribution is -0.146. The number of carboxylic acid groups (broad SMARTS) is 1. The topological polar surface area (TPSA) is 89.5 Å². The van der Waals surface area contributed by atoms with Gasteiger partial charge in [-0.2, -0.15) is 0 Å². The summed E-state index contributed by atoms with van der Waals surface area (Å²) in [4.78, 5) is 36.2. The zero-order valence-corrected chi connectivity index (χ0v) is 16.4. The van der Waals surface area contributed by atoms with Crippen LogP contribution in [0.1, 0.15) is 49.4 Å². The molecule has 2 atom stereocenters. The number of hydrogen-bond donors (Lipinski definition) is 2. The van der Waals surface area contributed by atoms with Gasteiger partial charge in [-0.3, -0.25) is 14.5 Å². The van der Waals surface area contributed by atoms with E-state index >= 15 is 0 Å². The van der Waals surface area contributed by atoms with E-state index in [1.54, 1.807) is 0 Å². The van der Waals surface area contributed by atoms with E-state index in [9.17, 15) is 9.59 Å². The van der Waals surface area contributed by atoms with Crippen molar-refractivity contribution in [3.8, 4) is 0 Å². The molecule has 0 aliphatic carbocycles. The fourth-order valence-electron chi connectivity index (χ4n) is 4.59. The van der Waals surface area contributed by atoms with Gasteiger partial charge in [0.1, 0.15) is 12.4 Å². The minimum Gasteiger partial charge on any atom is -0.480 e. The van der Waals surface area contributed by atoms with Gasteiger partial charge in [0.05, 0.1) is 17.1 Å². The van der Waals surface area contributed by atoms with Crippen LogP contribution in [-0.4, -0.2) is 69.0 Å². The highest BCUT2D eigenvalue weighted by Crippen LogP contribution is 2.30. The van der Waals surface area contributed by atoms with Crippen LogP contribution >= 0.6 is 0 Å². The highest BCUT2D eigenvalue weighted by molar-refractivity contribution is 5.85. The molecule has 7 nitrogen and oxygen atoms in total. The number of aryl methyl sites for hydroxylation is 1. The minimum absolute atomic E-state index is 0.0271. The summed E-state index contributed by atoms with van der Waals surface area (Å²) in [7, 11) is 0. The number of nitrogens with zero attached hydrogens (tertiary/aromatic N) is 3. The van der Waals surface area contributed by atoms with E-state index in [1.165, 1.54) is 10.5 Å². The fraction of sp³-hybridized carbons (Fsp3) is 0.571. The molecule has 2 N–H and O–H groups in total. The molecule has 3 heterocycles. The molecule has 1 amide bonds. The van der Waals surface area contributed by atoms with Gasteiger partial charge in [-0.1, -0.05) is 6.07 Å². The van der Waals surface area contributed by atoms with Crippen molar-refractivity contribution in [1.29, 1.82) is 0 Å². The lowest BCUT2D eigenvalue weighted by Crippen LogP contribution is -2.51. The Morgan fingerprint density at radius 1 is 1.25 bits per heavy atom. The molecule has 0 radical (unpaired) electrons. The molecule has 0 saturated carbocycles. The summed E-state index contributed by atoms with van der Waals surface area (Å²) in [5.74, 6) is 0.295. The molecular formula is C21H28N4O3. The Morgan fingerprint density at radius 2 is 2.11 bits per heavy atom. The average molecular weight is 384 g/mol. The third-order valence-corrected chi connectivity index (χ3v) is 6.01. The van der Waals surface area contributed by atoms with Crippen molar-refractivity contribution < 1.29 is 14.7 Å². The highest BCUT2D eigenvalue weighted by atomic mass is 16.4. The van der Waals surface area contributed by atoms with Gasteiger partial charge in [-0.15, -0.1) is 0 Å². The van der Waals surface area contributed by atoms with Gasteiger partial charge in [0, 0.05) is 19.0 Å². The second kappa shape index (κ2) is 7.91. The Bertz CT molecular complexity index is 878. The molecule has 28 heavy (non-hydrogen) atoms. The molecule has 150 valence electrons. The van der Waals surface area contributed by atoms with Crippen LogP contribution in [0.4, 0.5) is 0 Å². The number of H-pyrrole nitrogens is 1. The van der Waals surface area contributed by atoms with Gasteiger partial charge in [0.25, 0.3) is 0 Å². The van der Waals surface area contributed by atoms with Crippen LogP contribution in [0.15, 0.2) is 18.2 Å². The number of rotatable bonds is 4. The van der Waals surface area contributed by atoms with E-state index in [4.69, 9.17) is 10.1 Å². The molecule has 1 aromatic heterocycles. The number of benzene rings is 1. The smallest absolute Gasteiger partial charge is 0.323 e. The van der Waals surface area contributed by atoms with E-state index in [1.807, 2.05) is 6.07 Å². The Balaban J connectivity index is 1.51. The normalized spacial score (nSPS) is 24.5. The molecule has 7 heteroatoms. The number of fused-ring (bicyclic) bond motifs is 1. The van der Waals surface area contributed by atoms with Crippen LogP contribution in [0.3, 0.4) is 0 Å². The Kier molecular flexibility index (Phi) is 5.35. The number of aromatic nitrogens is 2. The van der Waals surface area contributed by atoms with Crippen molar-refractivity contribution in [2.24, 2.45) is 0 Å². The van der Waals surface area contributed by atoms with Gasteiger partial charge in [-0.05, 0) is 63.3 Å². The first-order chi connectivity index (χ1) is 13.5. The maximum Gasteiger partial charge on any atom is 0.323 e. The van der Waals surface area contributed by atoms with Crippen LogP contribution in [0.2, 0.25) is 0 Å². The number of nitrogens with one attached hydrogen (secondary N) is 1. The van der Waals surface area contributed by atoms with Crippen LogP contribution in [0.5, 0.6) is 0 Å². The maximum absolute atomic E-state index is 13.0. The second-order valence-corrected chi connectivity index (χ2v) is 8.14. The summed E-state index contributed by atoms with van der Waals surface area (Å²) < 4.78 is 0. The molecule has 2 unspecified atom stereocenters. The number of carbonyl (C=O) groups excluding carboxylic acids is 1. The lowest BCUT2D eigenvalue weighted by Gasteiger charge is -2.37. The third kappa shape index (κ3) is 3.90. The summed E-state index contributed by atoms with van der Waals surface area (Å²) >= 11 is 0. The van der Waals surface area contributed by atoms with E-state index in [2.05, 4.69) is 28.9 Å². The maximum atomic E-state index is 13.0. The van der Waals surface area contributed by atoms with Crippen molar-refractivity contribution in [3.63, 3.8) is 0 Å². The number of carboxylic acids is 1. The first-order valence-corrected chi connectivity index (χ1v) is 10.2. The van der Waals surface area contributed by atoms with E-state index < -0.39 is 5.97 Å². The zero-order valence-electron chi connectivity index (χ0n) is 16.4. The molecule has 2 aliphatic heterocycles. The number of hydrogen-bond acceptors (Lipinski definition) is 4. The lowest BCUT2D eigenvalue weighted by atomic mass is 9.95. The SMILES string of the molecule is Cc1ccc2nc(C3CCCN(C4CCCCN(CC(=O)O)C4=O)C3)[nH]c2c1. The summed E-state index contributed by atoms with van der Waals surface area (Å²) in [6, 6.07) is 6.02. The second-order valence-electron chi connectivity index (χ2n) is 8.14. The number of imidazole rings is 1. The van der Waals surface area contributed by atoms with E-state index in [-0.39, 0.29) is 24.4 Å². The van der Waals surface area contributed by atoms with Crippen molar-refractivity contribution >= 4 is 22.9 Å². The van der Waals surface area contributed by atoms with Crippen molar-refractivity contribution in [2.75, 3.05) is 26.2 Å². The average Bonchev–Trinajstić information content (AvgIpc) is 3.01.